The van der Waals surface area contributed by atoms with Gasteiger partial charge in [0, 0.05) is 11.0 Å². The molecule has 1 N–H and O–H groups in total. The van der Waals surface area contributed by atoms with Crippen molar-refractivity contribution in [2.24, 2.45) is 5.92 Å². The van der Waals surface area contributed by atoms with Gasteiger partial charge in [0.15, 0.2) is 0 Å². The van der Waals surface area contributed by atoms with Crippen LogP contribution in [-0.2, 0) is 6.42 Å². The first kappa shape index (κ1) is 15.1. The van der Waals surface area contributed by atoms with Crippen LogP contribution in [0.1, 0.15) is 50.5 Å². The van der Waals surface area contributed by atoms with E-state index in [0.717, 1.165) is 5.92 Å². The number of rotatable bonds is 7. The molecule has 105 valence electrons. The fraction of sp³-hybridized carbons (Fsp3) is 0.588. The van der Waals surface area contributed by atoms with Gasteiger partial charge in [0.25, 0.3) is 0 Å². The lowest BCUT2D eigenvalue weighted by Gasteiger charge is -2.22. The third kappa shape index (κ3) is 5.66. The van der Waals surface area contributed by atoms with Crippen molar-refractivity contribution in [1.82, 2.24) is 5.32 Å². The van der Waals surface area contributed by atoms with Crippen LogP contribution in [0, 0.1) is 12.5 Å². The zero-order valence-corrected chi connectivity index (χ0v) is 13.3. The zero-order valence-electron chi connectivity index (χ0n) is 11.7. The molecule has 1 unspecified atom stereocenters. The highest BCUT2D eigenvalue weighted by atomic mass is 79.9. The first-order valence-electron chi connectivity index (χ1n) is 7.65. The molecule has 1 fully saturated rings. The molecular formula is C17H25BrN. The summed E-state index contributed by atoms with van der Waals surface area (Å²) in [4.78, 5) is 0. The van der Waals surface area contributed by atoms with Crippen LogP contribution in [0.4, 0.5) is 0 Å². The van der Waals surface area contributed by atoms with Gasteiger partial charge in [-0.1, -0.05) is 53.4 Å². The predicted molar refractivity (Wildman–Crippen MR) is 86.0 cm³/mol. The Balaban J connectivity index is 1.51. The molecule has 1 aliphatic heterocycles. The Morgan fingerprint density at radius 1 is 1.11 bits per heavy atom. The summed E-state index contributed by atoms with van der Waals surface area (Å²) in [6.07, 6.45) is 10.8. The Morgan fingerprint density at radius 3 is 2.74 bits per heavy atom. The number of piperidine rings is 1. The van der Waals surface area contributed by atoms with E-state index in [1.54, 1.807) is 0 Å². The normalized spacial score (nSPS) is 19.5. The van der Waals surface area contributed by atoms with Crippen molar-refractivity contribution in [2.45, 2.75) is 51.4 Å². The van der Waals surface area contributed by atoms with Gasteiger partial charge < -0.3 is 5.32 Å². The second-order valence-corrected chi connectivity index (χ2v) is 6.45. The first-order chi connectivity index (χ1) is 9.36. The summed E-state index contributed by atoms with van der Waals surface area (Å²) in [5.41, 5.74) is 1.45. The van der Waals surface area contributed by atoms with Gasteiger partial charge in [0.2, 0.25) is 0 Å². The van der Waals surface area contributed by atoms with E-state index in [1.807, 2.05) is 0 Å². The molecule has 0 bridgehead atoms. The largest absolute Gasteiger partial charge is 0.312 e. The van der Waals surface area contributed by atoms with E-state index in [9.17, 15) is 0 Å². The maximum absolute atomic E-state index is 3.62. The fourth-order valence-corrected chi connectivity index (χ4v) is 3.31. The summed E-state index contributed by atoms with van der Waals surface area (Å²) in [5, 5.41) is 3.38. The number of nitrogens with one attached hydrogen (secondary N) is 1. The molecule has 2 heteroatoms. The molecule has 0 amide bonds. The molecule has 1 atom stereocenters. The number of aryl methyl sites for hydroxylation is 1. The molecule has 2 rings (SSSR count). The summed E-state index contributed by atoms with van der Waals surface area (Å²) in [6.45, 7) is 3.42. The highest BCUT2D eigenvalue weighted by Crippen LogP contribution is 2.21. The number of benzene rings is 1. The summed E-state index contributed by atoms with van der Waals surface area (Å²) in [5.74, 6) is 0.924. The molecule has 1 aromatic carbocycles. The minimum Gasteiger partial charge on any atom is -0.312 e. The van der Waals surface area contributed by atoms with Crippen LogP contribution in [0.15, 0.2) is 28.7 Å². The lowest BCUT2D eigenvalue weighted by Crippen LogP contribution is -2.26. The first-order valence-corrected chi connectivity index (χ1v) is 8.44. The molecule has 0 spiro atoms. The molecule has 1 heterocycles. The summed E-state index contributed by atoms with van der Waals surface area (Å²) < 4.78 is 1.26. The van der Waals surface area contributed by atoms with Gasteiger partial charge in [-0.15, -0.1) is 0 Å². The van der Waals surface area contributed by atoms with E-state index < -0.39 is 0 Å². The van der Waals surface area contributed by atoms with Crippen molar-refractivity contribution in [2.75, 3.05) is 6.54 Å². The van der Waals surface area contributed by atoms with Crippen molar-refractivity contribution >= 4 is 15.9 Å². The number of hydrogen-bond donors (Lipinski definition) is 1. The second-order valence-electron chi connectivity index (χ2n) is 5.60. The molecule has 0 aliphatic carbocycles. The van der Waals surface area contributed by atoms with Crippen LogP contribution in [0.2, 0.25) is 0 Å². The lowest BCUT2D eigenvalue weighted by molar-refractivity contribution is 0.371. The van der Waals surface area contributed by atoms with Gasteiger partial charge in [-0.3, -0.25) is 0 Å². The van der Waals surface area contributed by atoms with Crippen molar-refractivity contribution in [3.63, 3.8) is 0 Å². The summed E-state index contributed by atoms with van der Waals surface area (Å²) in [6, 6.07) is 8.59. The van der Waals surface area contributed by atoms with E-state index in [2.05, 4.69) is 52.1 Å². The van der Waals surface area contributed by atoms with Crippen LogP contribution in [0.5, 0.6) is 0 Å². The van der Waals surface area contributed by atoms with Crippen LogP contribution in [-0.4, -0.2) is 6.54 Å². The third-order valence-corrected chi connectivity index (χ3v) is 4.81. The molecule has 1 radical (unpaired) electrons. The number of halogens is 1. The van der Waals surface area contributed by atoms with E-state index in [0.29, 0.717) is 0 Å². The SMILES string of the molecule is Brc1ccccc1CCCCCCC1CC[CH]NC1. The van der Waals surface area contributed by atoms with E-state index >= 15 is 0 Å². The fourth-order valence-electron chi connectivity index (χ4n) is 2.82. The summed E-state index contributed by atoms with van der Waals surface area (Å²) >= 11 is 3.62. The van der Waals surface area contributed by atoms with Gasteiger partial charge in [-0.25, -0.2) is 0 Å². The molecule has 0 aromatic heterocycles. The minimum absolute atomic E-state index is 0.924. The van der Waals surface area contributed by atoms with Crippen molar-refractivity contribution in [3.05, 3.63) is 40.8 Å². The van der Waals surface area contributed by atoms with Gasteiger partial charge >= 0.3 is 0 Å². The van der Waals surface area contributed by atoms with Crippen LogP contribution in [0.3, 0.4) is 0 Å². The molecule has 19 heavy (non-hydrogen) atoms. The van der Waals surface area contributed by atoms with Gasteiger partial charge in [-0.05, 0) is 56.2 Å². The Morgan fingerprint density at radius 2 is 1.95 bits per heavy atom. The van der Waals surface area contributed by atoms with Gasteiger partial charge in [-0.2, -0.15) is 0 Å². The molecule has 1 aromatic rings. The molecule has 1 nitrogen and oxygen atoms in total. The maximum atomic E-state index is 3.62. The average molecular weight is 323 g/mol. The lowest BCUT2D eigenvalue weighted by atomic mass is 9.93. The predicted octanol–water partition coefficient (Wildman–Crippen LogP) is 5.10. The number of unbranched alkanes of at least 4 members (excludes halogenated alkanes) is 3. The minimum atomic E-state index is 0.924. The average Bonchev–Trinajstić information content (AvgIpc) is 2.45. The van der Waals surface area contributed by atoms with E-state index in [-0.39, 0.29) is 0 Å². The van der Waals surface area contributed by atoms with E-state index in [4.69, 9.17) is 0 Å². The topological polar surface area (TPSA) is 12.0 Å². The smallest absolute Gasteiger partial charge is 0.0221 e. The maximum Gasteiger partial charge on any atom is 0.0221 e. The Hall–Kier alpha value is -0.340. The molecule has 1 aliphatic rings. The Kier molecular flexibility index (Phi) is 6.94. The van der Waals surface area contributed by atoms with Crippen LogP contribution in [0.25, 0.3) is 0 Å². The number of hydrogen-bond acceptors (Lipinski definition) is 1. The van der Waals surface area contributed by atoms with Crippen molar-refractivity contribution in [1.29, 1.82) is 0 Å². The Bertz CT molecular complexity index is 358. The molecule has 1 saturated heterocycles. The highest BCUT2D eigenvalue weighted by Gasteiger charge is 2.11. The third-order valence-electron chi connectivity index (χ3n) is 4.04. The highest BCUT2D eigenvalue weighted by molar-refractivity contribution is 9.10. The van der Waals surface area contributed by atoms with Crippen LogP contribution >= 0.6 is 15.9 Å². The Labute approximate surface area is 126 Å². The van der Waals surface area contributed by atoms with Crippen molar-refractivity contribution < 1.29 is 0 Å². The van der Waals surface area contributed by atoms with Gasteiger partial charge in [0.1, 0.15) is 0 Å². The quantitative estimate of drug-likeness (QED) is 0.688. The van der Waals surface area contributed by atoms with Gasteiger partial charge in [0.05, 0.1) is 0 Å². The molecular weight excluding hydrogens is 298 g/mol. The second kappa shape index (κ2) is 8.76. The monoisotopic (exact) mass is 322 g/mol. The van der Waals surface area contributed by atoms with Crippen LogP contribution < -0.4 is 5.32 Å². The summed E-state index contributed by atoms with van der Waals surface area (Å²) in [7, 11) is 0. The van der Waals surface area contributed by atoms with Crippen molar-refractivity contribution in [3.8, 4) is 0 Å². The molecule has 0 saturated carbocycles. The standard InChI is InChI=1S/C17H25BrN/c18-17-12-6-5-11-16(17)10-4-2-1-3-8-15-9-7-13-19-14-15/h5-6,11-13,15,19H,1-4,7-10,14H2. The van der Waals surface area contributed by atoms with E-state index in [1.165, 1.54) is 67.9 Å². The zero-order chi connectivity index (χ0) is 13.3.